The van der Waals surface area contributed by atoms with Crippen LogP contribution in [-0.2, 0) is 14.8 Å². The number of benzene rings is 2. The Morgan fingerprint density at radius 2 is 1.79 bits per heavy atom. The molecule has 0 radical (unpaired) electrons. The molecule has 0 aliphatic carbocycles. The van der Waals surface area contributed by atoms with Crippen LogP contribution in [0, 0.1) is 0 Å². The van der Waals surface area contributed by atoms with E-state index >= 15 is 0 Å². The number of fused-ring (bicyclic) bond motifs is 1. The molecule has 3 rings (SSSR count). The number of rotatable bonds is 7. The van der Waals surface area contributed by atoms with E-state index in [1.807, 2.05) is 38.1 Å². The quantitative estimate of drug-likeness (QED) is 0.592. The van der Waals surface area contributed by atoms with Crippen LogP contribution in [0.1, 0.15) is 19.4 Å². The third-order valence-corrected chi connectivity index (χ3v) is 7.19. The van der Waals surface area contributed by atoms with Crippen molar-refractivity contribution in [2.24, 2.45) is 0 Å². The molecule has 2 aromatic carbocycles. The van der Waals surface area contributed by atoms with Gasteiger partial charge < -0.3 is 0 Å². The Balaban J connectivity index is 1.67. The highest BCUT2D eigenvalue weighted by Gasteiger charge is 2.20. The summed E-state index contributed by atoms with van der Waals surface area (Å²) in [6, 6.07) is 14.1. The van der Waals surface area contributed by atoms with Gasteiger partial charge in [-0.15, -0.1) is 0 Å². The molecule has 0 unspecified atom stereocenters. The van der Waals surface area contributed by atoms with Crippen LogP contribution in [0.15, 0.2) is 59.5 Å². The number of anilines is 1. The molecule has 0 aliphatic rings. The lowest BCUT2D eigenvalue weighted by Crippen LogP contribution is -2.30. The number of amides is 1. The molecule has 8 heteroatoms. The van der Waals surface area contributed by atoms with Crippen LogP contribution in [0.3, 0.4) is 0 Å². The third-order valence-electron chi connectivity index (χ3n) is 4.17. The fraction of sp³-hybridized carbons (Fsp3) is 0.200. The molecular weight excluding hydrogens is 394 g/mol. The number of carbonyl (C=O) groups excluding carboxylic acids is 1. The van der Waals surface area contributed by atoms with Gasteiger partial charge in [0.15, 0.2) is 5.13 Å². The van der Waals surface area contributed by atoms with Gasteiger partial charge in [-0.2, -0.15) is 4.31 Å². The molecule has 0 aliphatic heterocycles. The molecule has 0 bridgehead atoms. The fourth-order valence-corrected chi connectivity index (χ4v) is 5.03. The van der Waals surface area contributed by atoms with Crippen LogP contribution in [0.4, 0.5) is 5.13 Å². The molecule has 0 saturated carbocycles. The van der Waals surface area contributed by atoms with E-state index in [-0.39, 0.29) is 10.8 Å². The number of sulfonamides is 1. The summed E-state index contributed by atoms with van der Waals surface area (Å²) >= 11 is 1.41. The Hall–Kier alpha value is -2.55. The molecule has 3 aromatic rings. The summed E-state index contributed by atoms with van der Waals surface area (Å²) in [5.74, 6) is -0.293. The molecular formula is C20H21N3O3S2. The van der Waals surface area contributed by atoms with Gasteiger partial charge in [-0.3, -0.25) is 10.1 Å². The molecule has 1 heterocycles. The Labute approximate surface area is 168 Å². The second-order valence-electron chi connectivity index (χ2n) is 5.97. The third kappa shape index (κ3) is 4.46. The first-order valence-electron chi connectivity index (χ1n) is 8.89. The largest absolute Gasteiger partial charge is 0.298 e. The van der Waals surface area contributed by atoms with Gasteiger partial charge in [0.25, 0.3) is 0 Å². The van der Waals surface area contributed by atoms with Crippen molar-refractivity contribution in [1.82, 2.24) is 9.29 Å². The van der Waals surface area contributed by atoms with Gasteiger partial charge in [0.05, 0.1) is 15.1 Å². The lowest BCUT2D eigenvalue weighted by atomic mass is 10.2. The molecule has 0 saturated heterocycles. The Kier molecular flexibility index (Phi) is 6.23. The van der Waals surface area contributed by atoms with E-state index in [1.54, 1.807) is 30.3 Å². The topological polar surface area (TPSA) is 79.4 Å². The highest BCUT2D eigenvalue weighted by molar-refractivity contribution is 7.89. The van der Waals surface area contributed by atoms with Crippen molar-refractivity contribution < 1.29 is 13.2 Å². The first kappa shape index (κ1) is 20.2. The normalized spacial score (nSPS) is 12.1. The first-order chi connectivity index (χ1) is 13.4. The minimum absolute atomic E-state index is 0.243. The molecule has 1 amide bonds. The first-order valence-corrected chi connectivity index (χ1v) is 11.1. The van der Waals surface area contributed by atoms with Gasteiger partial charge in [0.2, 0.25) is 15.9 Å². The molecule has 0 spiro atoms. The number of nitrogens with zero attached hydrogens (tertiary/aromatic N) is 2. The second-order valence-corrected chi connectivity index (χ2v) is 8.94. The summed E-state index contributed by atoms with van der Waals surface area (Å²) in [4.78, 5) is 16.7. The number of nitrogens with one attached hydrogen (secondary N) is 1. The predicted octanol–water partition coefficient (Wildman–Crippen LogP) is 3.98. The zero-order valence-corrected chi connectivity index (χ0v) is 17.3. The molecule has 6 nitrogen and oxygen atoms in total. The SMILES string of the molecule is CCN(CC)S(=O)(=O)c1ccc(/C=C/C(=O)Nc2nc3ccccc3s2)cc1. The van der Waals surface area contributed by atoms with Crippen molar-refractivity contribution in [2.75, 3.05) is 18.4 Å². The van der Waals surface area contributed by atoms with Gasteiger partial charge in [-0.25, -0.2) is 13.4 Å². The van der Waals surface area contributed by atoms with Gasteiger partial charge in [0, 0.05) is 19.2 Å². The summed E-state index contributed by atoms with van der Waals surface area (Å²) in [5, 5.41) is 3.28. The molecule has 0 fully saturated rings. The Bertz CT molecular complexity index is 1070. The maximum absolute atomic E-state index is 12.5. The van der Waals surface area contributed by atoms with Crippen LogP contribution < -0.4 is 5.32 Å². The maximum Gasteiger partial charge on any atom is 0.250 e. The van der Waals surface area contributed by atoms with Crippen molar-refractivity contribution in [3.63, 3.8) is 0 Å². The Morgan fingerprint density at radius 3 is 2.43 bits per heavy atom. The van der Waals surface area contributed by atoms with E-state index in [9.17, 15) is 13.2 Å². The maximum atomic E-state index is 12.5. The van der Waals surface area contributed by atoms with E-state index in [0.717, 1.165) is 15.8 Å². The van der Waals surface area contributed by atoms with Crippen molar-refractivity contribution in [3.05, 3.63) is 60.2 Å². The summed E-state index contributed by atoms with van der Waals surface area (Å²) in [6.07, 6.45) is 3.04. The Morgan fingerprint density at radius 1 is 1.11 bits per heavy atom. The molecule has 0 atom stereocenters. The predicted molar refractivity (Wildman–Crippen MR) is 114 cm³/mol. The van der Waals surface area contributed by atoms with E-state index in [4.69, 9.17) is 0 Å². The molecule has 28 heavy (non-hydrogen) atoms. The van der Waals surface area contributed by atoms with E-state index in [2.05, 4.69) is 10.3 Å². The highest BCUT2D eigenvalue weighted by Crippen LogP contribution is 2.25. The van der Waals surface area contributed by atoms with E-state index < -0.39 is 10.0 Å². The van der Waals surface area contributed by atoms with Gasteiger partial charge in [-0.1, -0.05) is 49.4 Å². The summed E-state index contributed by atoms with van der Waals surface area (Å²) in [6.45, 7) is 4.46. The average molecular weight is 416 g/mol. The zero-order valence-electron chi connectivity index (χ0n) is 15.6. The average Bonchev–Trinajstić information content (AvgIpc) is 3.09. The number of carbonyl (C=O) groups is 1. The van der Waals surface area contributed by atoms with Crippen molar-refractivity contribution in [3.8, 4) is 0 Å². The number of hydrogen-bond donors (Lipinski definition) is 1. The minimum Gasteiger partial charge on any atom is -0.298 e. The summed E-state index contributed by atoms with van der Waals surface area (Å²) in [5.41, 5.74) is 1.58. The molecule has 1 aromatic heterocycles. The van der Waals surface area contributed by atoms with Gasteiger partial charge in [0.1, 0.15) is 0 Å². The number of aromatic nitrogens is 1. The fourth-order valence-electron chi connectivity index (χ4n) is 2.71. The number of hydrogen-bond acceptors (Lipinski definition) is 5. The second kappa shape index (κ2) is 8.64. The van der Waals surface area contributed by atoms with Crippen molar-refractivity contribution in [1.29, 1.82) is 0 Å². The number of thiazole rings is 1. The lowest BCUT2D eigenvalue weighted by molar-refractivity contribution is -0.111. The molecule has 1 N–H and O–H groups in total. The van der Waals surface area contributed by atoms with Crippen LogP contribution in [0.25, 0.3) is 16.3 Å². The van der Waals surface area contributed by atoms with Gasteiger partial charge >= 0.3 is 0 Å². The zero-order chi connectivity index (χ0) is 20.1. The van der Waals surface area contributed by atoms with E-state index in [0.29, 0.717) is 18.2 Å². The molecule has 146 valence electrons. The smallest absolute Gasteiger partial charge is 0.250 e. The van der Waals surface area contributed by atoms with Crippen LogP contribution in [0.5, 0.6) is 0 Å². The summed E-state index contributed by atoms with van der Waals surface area (Å²) < 4.78 is 27.4. The lowest BCUT2D eigenvalue weighted by Gasteiger charge is -2.18. The van der Waals surface area contributed by atoms with Crippen LogP contribution in [-0.4, -0.2) is 36.7 Å². The highest BCUT2D eigenvalue weighted by atomic mass is 32.2. The van der Waals surface area contributed by atoms with Crippen LogP contribution >= 0.6 is 11.3 Å². The van der Waals surface area contributed by atoms with Crippen LogP contribution in [0.2, 0.25) is 0 Å². The summed E-state index contributed by atoms with van der Waals surface area (Å²) in [7, 11) is -3.48. The minimum atomic E-state index is -3.48. The number of para-hydroxylation sites is 1. The monoisotopic (exact) mass is 415 g/mol. The standard InChI is InChI=1S/C20H21N3O3S2/c1-3-23(4-2)28(25,26)16-12-9-15(10-13-16)11-14-19(24)22-20-21-17-7-5-6-8-18(17)27-20/h5-14H,3-4H2,1-2H3,(H,21,22,24)/b14-11+. The van der Waals surface area contributed by atoms with Gasteiger partial charge in [-0.05, 0) is 35.9 Å². The van der Waals surface area contributed by atoms with Crippen molar-refractivity contribution in [2.45, 2.75) is 18.7 Å². The van der Waals surface area contributed by atoms with E-state index in [1.165, 1.54) is 21.7 Å². The van der Waals surface area contributed by atoms with Crippen molar-refractivity contribution >= 4 is 48.7 Å².